The van der Waals surface area contributed by atoms with Crippen LogP contribution >= 0.6 is 0 Å². The molecule has 0 spiro atoms. The third-order valence-corrected chi connectivity index (χ3v) is 2.87. The van der Waals surface area contributed by atoms with Gasteiger partial charge in [0.1, 0.15) is 0 Å². The van der Waals surface area contributed by atoms with Crippen molar-refractivity contribution in [2.75, 3.05) is 13.1 Å². The Hall–Kier alpha value is -2.28. The third kappa shape index (κ3) is 2.28. The number of rotatable bonds is 1. The number of nitriles is 1. The van der Waals surface area contributed by atoms with Gasteiger partial charge in [0.15, 0.2) is 0 Å². The van der Waals surface area contributed by atoms with Crippen LogP contribution in [-0.2, 0) is 0 Å². The van der Waals surface area contributed by atoms with Gasteiger partial charge in [-0.2, -0.15) is 5.26 Å². The van der Waals surface area contributed by atoms with Crippen LogP contribution in [0.3, 0.4) is 0 Å². The van der Waals surface area contributed by atoms with E-state index in [-0.39, 0.29) is 0 Å². The normalized spacial score (nSPS) is 15.0. The summed E-state index contributed by atoms with van der Waals surface area (Å²) in [6, 6.07) is 9.56. The Morgan fingerprint density at radius 2 is 2.18 bits per heavy atom. The van der Waals surface area contributed by atoms with Crippen molar-refractivity contribution in [3.63, 3.8) is 0 Å². The van der Waals surface area contributed by atoms with Crippen molar-refractivity contribution in [2.45, 2.75) is 6.42 Å². The minimum Gasteiger partial charge on any atom is -0.465 e. The smallest absolute Gasteiger partial charge is 0.407 e. The van der Waals surface area contributed by atoms with Crippen LogP contribution in [-0.4, -0.2) is 29.2 Å². The van der Waals surface area contributed by atoms with E-state index in [1.165, 1.54) is 4.90 Å². The Balaban J connectivity index is 2.26. The topological polar surface area (TPSA) is 64.3 Å². The molecule has 0 fully saturated rings. The number of benzene rings is 1. The highest BCUT2D eigenvalue weighted by atomic mass is 16.4. The first kappa shape index (κ1) is 11.2. The molecule has 2 rings (SSSR count). The average Bonchev–Trinajstić information content (AvgIpc) is 2.39. The lowest BCUT2D eigenvalue weighted by Gasteiger charge is -2.24. The summed E-state index contributed by atoms with van der Waals surface area (Å²) in [5, 5.41) is 17.8. The molecule has 0 unspecified atom stereocenters. The van der Waals surface area contributed by atoms with Crippen molar-refractivity contribution in [3.8, 4) is 6.07 Å². The average molecular weight is 228 g/mol. The lowest BCUT2D eigenvalue weighted by atomic mass is 9.95. The molecule has 1 aromatic carbocycles. The molecule has 0 atom stereocenters. The Morgan fingerprint density at radius 3 is 2.76 bits per heavy atom. The number of amides is 1. The molecule has 0 aromatic heterocycles. The lowest BCUT2D eigenvalue weighted by Crippen LogP contribution is -2.33. The van der Waals surface area contributed by atoms with Crippen LogP contribution in [0.25, 0.3) is 5.57 Å². The second-order valence-electron chi connectivity index (χ2n) is 3.87. The van der Waals surface area contributed by atoms with Crippen molar-refractivity contribution >= 4 is 11.7 Å². The lowest BCUT2D eigenvalue weighted by molar-refractivity contribution is 0.150. The van der Waals surface area contributed by atoms with E-state index in [1.54, 1.807) is 6.07 Å². The largest absolute Gasteiger partial charge is 0.465 e. The molecule has 1 aliphatic rings. The number of carboxylic acid groups (broad SMARTS) is 1. The van der Waals surface area contributed by atoms with Gasteiger partial charge in [0, 0.05) is 13.1 Å². The minimum atomic E-state index is -0.895. The van der Waals surface area contributed by atoms with Crippen LogP contribution in [0.5, 0.6) is 0 Å². The number of nitrogens with zero attached hydrogens (tertiary/aromatic N) is 2. The van der Waals surface area contributed by atoms with Gasteiger partial charge in [-0.3, -0.25) is 0 Å². The van der Waals surface area contributed by atoms with E-state index >= 15 is 0 Å². The van der Waals surface area contributed by atoms with Gasteiger partial charge in [-0.05, 0) is 23.6 Å². The van der Waals surface area contributed by atoms with Gasteiger partial charge in [-0.1, -0.05) is 24.3 Å². The maximum Gasteiger partial charge on any atom is 0.407 e. The SMILES string of the molecule is N#Cc1ccccc1C1=CCN(C(=O)O)CC1. The van der Waals surface area contributed by atoms with E-state index < -0.39 is 6.09 Å². The summed E-state index contributed by atoms with van der Waals surface area (Å²) in [7, 11) is 0. The molecule has 0 radical (unpaired) electrons. The van der Waals surface area contributed by atoms with Crippen LogP contribution < -0.4 is 0 Å². The Morgan fingerprint density at radius 1 is 1.41 bits per heavy atom. The fourth-order valence-electron chi connectivity index (χ4n) is 1.95. The van der Waals surface area contributed by atoms with Gasteiger partial charge in [-0.15, -0.1) is 0 Å². The molecule has 1 N–H and O–H groups in total. The maximum atomic E-state index is 10.8. The number of hydrogen-bond donors (Lipinski definition) is 1. The molecule has 0 bridgehead atoms. The fraction of sp³-hybridized carbons (Fsp3) is 0.231. The van der Waals surface area contributed by atoms with Gasteiger partial charge in [-0.25, -0.2) is 4.79 Å². The molecule has 1 aliphatic heterocycles. The first-order valence-corrected chi connectivity index (χ1v) is 5.39. The summed E-state index contributed by atoms with van der Waals surface area (Å²) < 4.78 is 0. The highest BCUT2D eigenvalue weighted by molar-refractivity contribution is 5.74. The summed E-state index contributed by atoms with van der Waals surface area (Å²) in [5.41, 5.74) is 2.61. The van der Waals surface area contributed by atoms with Crippen LogP contribution in [0.4, 0.5) is 4.79 Å². The number of hydrogen-bond acceptors (Lipinski definition) is 2. The summed E-state index contributed by atoms with van der Waals surface area (Å²) in [5.74, 6) is 0. The molecular weight excluding hydrogens is 216 g/mol. The molecule has 1 aromatic rings. The summed E-state index contributed by atoms with van der Waals surface area (Å²) >= 11 is 0. The Labute approximate surface area is 99.4 Å². The van der Waals surface area contributed by atoms with Crippen LogP contribution in [0.15, 0.2) is 30.3 Å². The standard InChI is InChI=1S/C13H12N2O2/c14-9-11-3-1-2-4-12(11)10-5-7-15(8-6-10)13(16)17/h1-5H,6-8H2,(H,16,17). The van der Waals surface area contributed by atoms with Crippen molar-refractivity contribution in [1.82, 2.24) is 4.90 Å². The van der Waals surface area contributed by atoms with E-state index in [0.29, 0.717) is 25.1 Å². The highest BCUT2D eigenvalue weighted by Gasteiger charge is 2.17. The van der Waals surface area contributed by atoms with Gasteiger partial charge < -0.3 is 10.0 Å². The minimum absolute atomic E-state index is 0.393. The van der Waals surface area contributed by atoms with Crippen molar-refractivity contribution in [2.24, 2.45) is 0 Å². The highest BCUT2D eigenvalue weighted by Crippen LogP contribution is 2.24. The van der Waals surface area contributed by atoms with Crippen molar-refractivity contribution in [1.29, 1.82) is 5.26 Å². The van der Waals surface area contributed by atoms with E-state index in [9.17, 15) is 4.79 Å². The first-order valence-electron chi connectivity index (χ1n) is 5.39. The summed E-state index contributed by atoms with van der Waals surface area (Å²) in [4.78, 5) is 12.1. The van der Waals surface area contributed by atoms with Crippen molar-refractivity contribution in [3.05, 3.63) is 41.5 Å². The Kier molecular flexibility index (Phi) is 3.10. The van der Waals surface area contributed by atoms with Crippen LogP contribution in [0.1, 0.15) is 17.5 Å². The predicted molar refractivity (Wildman–Crippen MR) is 63.3 cm³/mol. The van der Waals surface area contributed by atoms with E-state index in [2.05, 4.69) is 6.07 Å². The molecule has 0 saturated heterocycles. The van der Waals surface area contributed by atoms with Crippen LogP contribution in [0, 0.1) is 11.3 Å². The van der Waals surface area contributed by atoms with E-state index in [0.717, 1.165) is 11.1 Å². The zero-order chi connectivity index (χ0) is 12.3. The third-order valence-electron chi connectivity index (χ3n) is 2.87. The van der Waals surface area contributed by atoms with E-state index in [1.807, 2.05) is 24.3 Å². The van der Waals surface area contributed by atoms with Gasteiger partial charge in [0.05, 0.1) is 11.6 Å². The molecular formula is C13H12N2O2. The van der Waals surface area contributed by atoms with Crippen LogP contribution in [0.2, 0.25) is 0 Å². The van der Waals surface area contributed by atoms with Crippen molar-refractivity contribution < 1.29 is 9.90 Å². The second-order valence-corrected chi connectivity index (χ2v) is 3.87. The molecule has 86 valence electrons. The molecule has 1 heterocycles. The molecule has 17 heavy (non-hydrogen) atoms. The number of carbonyl (C=O) groups is 1. The van der Waals surface area contributed by atoms with Gasteiger partial charge in [0.2, 0.25) is 0 Å². The summed E-state index contributed by atoms with van der Waals surface area (Å²) in [6.45, 7) is 0.880. The quantitative estimate of drug-likeness (QED) is 0.802. The van der Waals surface area contributed by atoms with Gasteiger partial charge in [0.25, 0.3) is 0 Å². The predicted octanol–water partition coefficient (Wildman–Crippen LogP) is 2.33. The zero-order valence-electron chi connectivity index (χ0n) is 9.26. The van der Waals surface area contributed by atoms with Gasteiger partial charge >= 0.3 is 6.09 Å². The zero-order valence-corrected chi connectivity index (χ0v) is 9.26. The Bertz CT molecular complexity index is 514. The summed E-state index contributed by atoms with van der Waals surface area (Å²) in [6.07, 6.45) is 1.65. The maximum absolute atomic E-state index is 10.8. The molecule has 1 amide bonds. The molecule has 0 aliphatic carbocycles. The molecule has 4 heteroatoms. The second kappa shape index (κ2) is 4.71. The molecule has 4 nitrogen and oxygen atoms in total. The monoisotopic (exact) mass is 228 g/mol. The first-order chi connectivity index (χ1) is 8.22. The fourth-order valence-corrected chi connectivity index (χ4v) is 1.95. The van der Waals surface area contributed by atoms with E-state index in [4.69, 9.17) is 10.4 Å². The molecule has 0 saturated carbocycles.